The summed E-state index contributed by atoms with van der Waals surface area (Å²) in [5.74, 6) is -4.24. The molecule has 76 valence electrons. The van der Waals surface area contributed by atoms with Crippen LogP contribution in [0.15, 0.2) is 0 Å². The van der Waals surface area contributed by atoms with Crippen molar-refractivity contribution >= 4 is 0 Å². The lowest BCUT2D eigenvalue weighted by Gasteiger charge is -2.09. The molecule has 3 nitrogen and oxygen atoms in total. The molecule has 7 heteroatoms. The van der Waals surface area contributed by atoms with Crippen LogP contribution < -0.4 is 0 Å². The highest BCUT2D eigenvalue weighted by Gasteiger charge is 2.39. The van der Waals surface area contributed by atoms with Crippen LogP contribution >= 0.6 is 0 Å². The Labute approximate surface area is 66.2 Å². The van der Waals surface area contributed by atoms with E-state index < -0.39 is 19.0 Å². The highest BCUT2D eigenvalue weighted by Crippen LogP contribution is 2.20. The fourth-order valence-electron chi connectivity index (χ4n) is 0.0690. The third-order valence-electron chi connectivity index (χ3n) is 0.630. The van der Waals surface area contributed by atoms with Crippen LogP contribution in [0.3, 0.4) is 0 Å². The Morgan fingerprint density at radius 3 is 1.33 bits per heavy atom. The molecule has 12 heavy (non-hydrogen) atoms. The zero-order valence-corrected chi connectivity index (χ0v) is 6.05. The number of halogens is 4. The highest BCUT2D eigenvalue weighted by molar-refractivity contribution is 4.65. The predicted molar refractivity (Wildman–Crippen MR) is 32.2 cm³/mol. The van der Waals surface area contributed by atoms with Crippen molar-refractivity contribution in [3.05, 3.63) is 0 Å². The Hall–Kier alpha value is -0.400. The molecule has 0 bridgehead atoms. The van der Waals surface area contributed by atoms with Gasteiger partial charge in [-0.25, -0.2) is 8.78 Å². The molecule has 0 saturated carbocycles. The third-order valence-corrected chi connectivity index (χ3v) is 0.630. The van der Waals surface area contributed by atoms with Gasteiger partial charge in [-0.15, -0.1) is 0 Å². The summed E-state index contributed by atoms with van der Waals surface area (Å²) < 4.78 is 44.4. The Morgan fingerprint density at radius 2 is 1.33 bits per heavy atom. The molecule has 0 heterocycles. The maximum Gasteiger partial charge on any atom is 0.329 e. The first-order chi connectivity index (χ1) is 5.42. The van der Waals surface area contributed by atoms with Crippen molar-refractivity contribution in [2.75, 3.05) is 19.8 Å². The summed E-state index contributed by atoms with van der Waals surface area (Å²) in [6.45, 7) is -2.05. The minimum Gasteiger partial charge on any atom is -0.394 e. The Kier molecular flexibility index (Phi) is 8.56. The molecule has 0 saturated heterocycles. The maximum atomic E-state index is 11.3. The van der Waals surface area contributed by atoms with Gasteiger partial charge in [0.05, 0.1) is 13.2 Å². The molecule has 3 N–H and O–H groups in total. The Morgan fingerprint density at radius 1 is 1.00 bits per heavy atom. The second-order valence-corrected chi connectivity index (χ2v) is 1.67. The number of rotatable bonds is 3. The summed E-state index contributed by atoms with van der Waals surface area (Å²) >= 11 is 0. The van der Waals surface area contributed by atoms with Crippen molar-refractivity contribution in [3.8, 4) is 0 Å². The maximum absolute atomic E-state index is 11.3. The number of hydrogen-bond donors (Lipinski definition) is 3. The monoisotopic (exact) mass is 194 g/mol. The summed E-state index contributed by atoms with van der Waals surface area (Å²) in [6, 6.07) is 0. The number of aliphatic hydroxyl groups is 3. The molecule has 0 spiro atoms. The van der Waals surface area contributed by atoms with E-state index in [0.29, 0.717) is 0 Å². The molecule has 0 aromatic heterocycles. The molecule has 0 aliphatic carbocycles. The first-order valence-electron chi connectivity index (χ1n) is 2.91. The van der Waals surface area contributed by atoms with Gasteiger partial charge in [0.25, 0.3) is 0 Å². The van der Waals surface area contributed by atoms with Gasteiger partial charge >= 0.3 is 12.3 Å². The lowest BCUT2D eigenvalue weighted by molar-refractivity contribution is -0.153. The van der Waals surface area contributed by atoms with E-state index in [1.165, 1.54) is 0 Å². The molecule has 0 aromatic rings. The summed E-state index contributed by atoms with van der Waals surface area (Å²) in [6.07, 6.45) is -3.77. The van der Waals surface area contributed by atoms with Gasteiger partial charge in [-0.05, 0) is 0 Å². The standard InChI is InChI=1S/C3H4F4O.C2H6O2/c4-2(5)3(6,7)1-8;3-1-2-4/h2,8H,1H2;3-4H,1-2H2. The number of hydrogen-bond acceptors (Lipinski definition) is 3. The van der Waals surface area contributed by atoms with E-state index in [1.54, 1.807) is 0 Å². The van der Waals surface area contributed by atoms with Gasteiger partial charge in [-0.1, -0.05) is 0 Å². The predicted octanol–water partition coefficient (Wildman–Crippen LogP) is -0.150. The summed E-state index contributed by atoms with van der Waals surface area (Å²) in [4.78, 5) is 0. The van der Waals surface area contributed by atoms with Crippen LogP contribution in [-0.2, 0) is 0 Å². The molecule has 0 aromatic carbocycles. The second kappa shape index (κ2) is 7.26. The summed E-state index contributed by atoms with van der Waals surface area (Å²) in [7, 11) is 0. The zero-order chi connectivity index (χ0) is 10.2. The van der Waals surface area contributed by atoms with Gasteiger partial charge in [0.2, 0.25) is 0 Å². The van der Waals surface area contributed by atoms with Gasteiger partial charge in [0.1, 0.15) is 6.61 Å². The van der Waals surface area contributed by atoms with Crippen LogP contribution in [0.5, 0.6) is 0 Å². The largest absolute Gasteiger partial charge is 0.394 e. The molecule has 0 aliphatic rings. The Bertz CT molecular complexity index is 96.7. The lowest BCUT2D eigenvalue weighted by Crippen LogP contribution is -2.30. The van der Waals surface area contributed by atoms with Crippen LogP contribution in [0.1, 0.15) is 0 Å². The van der Waals surface area contributed by atoms with Gasteiger partial charge in [-0.2, -0.15) is 8.78 Å². The Balaban J connectivity index is 0. The van der Waals surface area contributed by atoms with Crippen LogP contribution in [0.25, 0.3) is 0 Å². The van der Waals surface area contributed by atoms with E-state index in [4.69, 9.17) is 15.3 Å². The molecule has 0 atom stereocenters. The fraction of sp³-hybridized carbons (Fsp3) is 1.00. The van der Waals surface area contributed by atoms with Crippen molar-refractivity contribution in [2.24, 2.45) is 0 Å². The van der Waals surface area contributed by atoms with E-state index in [9.17, 15) is 17.6 Å². The van der Waals surface area contributed by atoms with Gasteiger partial charge in [0.15, 0.2) is 0 Å². The van der Waals surface area contributed by atoms with E-state index in [-0.39, 0.29) is 13.2 Å². The smallest absolute Gasteiger partial charge is 0.329 e. The molecule has 0 unspecified atom stereocenters. The minimum atomic E-state index is -4.24. The lowest BCUT2D eigenvalue weighted by atomic mass is 10.4. The normalized spacial score (nSPS) is 11.0. The topological polar surface area (TPSA) is 60.7 Å². The van der Waals surface area contributed by atoms with Crippen molar-refractivity contribution in [3.63, 3.8) is 0 Å². The fourth-order valence-corrected chi connectivity index (χ4v) is 0.0690. The third kappa shape index (κ3) is 7.70. The molecule has 0 radical (unpaired) electrons. The van der Waals surface area contributed by atoms with Gasteiger partial charge < -0.3 is 15.3 Å². The van der Waals surface area contributed by atoms with Crippen LogP contribution in [-0.4, -0.2) is 47.5 Å². The molecule has 0 rings (SSSR count). The van der Waals surface area contributed by atoms with E-state index in [2.05, 4.69) is 0 Å². The molecular formula is C5H10F4O3. The van der Waals surface area contributed by atoms with Crippen molar-refractivity contribution in [1.29, 1.82) is 0 Å². The van der Waals surface area contributed by atoms with Crippen molar-refractivity contribution in [2.45, 2.75) is 12.3 Å². The molecule has 0 aliphatic heterocycles. The summed E-state index contributed by atoms with van der Waals surface area (Å²) in [5.41, 5.74) is 0. The van der Waals surface area contributed by atoms with E-state index >= 15 is 0 Å². The van der Waals surface area contributed by atoms with Crippen LogP contribution in [0, 0.1) is 0 Å². The first kappa shape index (κ1) is 14.1. The molecular weight excluding hydrogens is 184 g/mol. The zero-order valence-electron chi connectivity index (χ0n) is 6.05. The molecule has 0 fully saturated rings. The van der Waals surface area contributed by atoms with Gasteiger partial charge in [0, 0.05) is 0 Å². The minimum absolute atomic E-state index is 0.125. The van der Waals surface area contributed by atoms with Crippen molar-refractivity contribution in [1.82, 2.24) is 0 Å². The average Bonchev–Trinajstić information content (AvgIpc) is 2.05. The highest BCUT2D eigenvalue weighted by atomic mass is 19.3. The molecule has 0 amide bonds. The number of aliphatic hydroxyl groups excluding tert-OH is 3. The average molecular weight is 194 g/mol. The van der Waals surface area contributed by atoms with Crippen LogP contribution in [0.2, 0.25) is 0 Å². The van der Waals surface area contributed by atoms with E-state index in [1.807, 2.05) is 0 Å². The van der Waals surface area contributed by atoms with Gasteiger partial charge in [-0.3, -0.25) is 0 Å². The van der Waals surface area contributed by atoms with Crippen molar-refractivity contribution < 1.29 is 32.9 Å². The number of alkyl halides is 4. The SMILES string of the molecule is OCC(F)(F)C(F)F.OCCO. The first-order valence-corrected chi connectivity index (χ1v) is 2.91. The summed E-state index contributed by atoms with van der Waals surface area (Å²) in [5, 5.41) is 22.8. The van der Waals surface area contributed by atoms with E-state index in [0.717, 1.165) is 0 Å². The second-order valence-electron chi connectivity index (χ2n) is 1.67. The quantitative estimate of drug-likeness (QED) is 0.547. The van der Waals surface area contributed by atoms with Crippen LogP contribution in [0.4, 0.5) is 17.6 Å².